The van der Waals surface area contributed by atoms with Gasteiger partial charge in [0.15, 0.2) is 0 Å². The highest BCUT2D eigenvalue weighted by atomic mass is 35.5. The lowest BCUT2D eigenvalue weighted by Crippen LogP contribution is -2.28. The fraction of sp³-hybridized carbons (Fsp3) is 0.364. The van der Waals surface area contributed by atoms with Crippen LogP contribution in [0.25, 0.3) is 0 Å². The van der Waals surface area contributed by atoms with Gasteiger partial charge >= 0.3 is 0 Å². The third kappa shape index (κ3) is 2.94. The van der Waals surface area contributed by atoms with Gasteiger partial charge in [-0.25, -0.2) is 0 Å². The first-order valence-corrected chi connectivity index (χ1v) is 5.09. The van der Waals surface area contributed by atoms with Crippen molar-refractivity contribution < 1.29 is 9.90 Å². The van der Waals surface area contributed by atoms with Crippen LogP contribution in [0.3, 0.4) is 0 Å². The number of amides is 1. The summed E-state index contributed by atoms with van der Waals surface area (Å²) in [6, 6.07) is 7.09. The molecule has 3 N–H and O–H groups in total. The summed E-state index contributed by atoms with van der Waals surface area (Å²) in [5.74, 6) is -1.12. The van der Waals surface area contributed by atoms with Gasteiger partial charge in [0.25, 0.3) is 0 Å². The topological polar surface area (TPSA) is 63.3 Å². The first kappa shape index (κ1) is 12.0. The van der Waals surface area contributed by atoms with Crippen LogP contribution >= 0.6 is 11.6 Å². The minimum absolute atomic E-state index is 0.121. The quantitative estimate of drug-likeness (QED) is 0.820. The molecule has 1 aromatic rings. The normalized spacial score (nSPS) is 14.6. The third-order valence-corrected chi connectivity index (χ3v) is 2.76. The van der Waals surface area contributed by atoms with E-state index in [1.54, 1.807) is 25.1 Å². The average Bonchev–Trinajstić information content (AvgIpc) is 2.18. The molecule has 0 fully saturated rings. The van der Waals surface area contributed by atoms with E-state index < -0.39 is 11.8 Å². The van der Waals surface area contributed by atoms with Crippen LogP contribution < -0.4 is 5.73 Å². The van der Waals surface area contributed by atoms with Gasteiger partial charge in [0.2, 0.25) is 5.91 Å². The molecule has 82 valence electrons. The summed E-state index contributed by atoms with van der Waals surface area (Å²) in [5.41, 5.74) is 6.03. The minimum atomic E-state index is -0.422. The van der Waals surface area contributed by atoms with E-state index in [-0.39, 0.29) is 12.5 Å². The number of nitrogens with two attached hydrogens (primary N) is 1. The van der Waals surface area contributed by atoms with Gasteiger partial charge in [0.05, 0.1) is 6.61 Å². The van der Waals surface area contributed by atoms with E-state index in [1.165, 1.54) is 0 Å². The summed E-state index contributed by atoms with van der Waals surface area (Å²) in [4.78, 5) is 11.0. The van der Waals surface area contributed by atoms with Crippen LogP contribution in [0, 0.1) is 5.92 Å². The Morgan fingerprint density at radius 1 is 1.60 bits per heavy atom. The molecule has 15 heavy (non-hydrogen) atoms. The summed E-state index contributed by atoms with van der Waals surface area (Å²) in [6.45, 7) is 1.58. The first-order valence-electron chi connectivity index (χ1n) is 4.72. The van der Waals surface area contributed by atoms with Crippen molar-refractivity contribution in [2.75, 3.05) is 6.61 Å². The molecule has 0 spiro atoms. The molecule has 0 aliphatic heterocycles. The lowest BCUT2D eigenvalue weighted by atomic mass is 9.87. The molecule has 1 amide bonds. The van der Waals surface area contributed by atoms with Crippen LogP contribution in [0.4, 0.5) is 0 Å². The number of aliphatic hydroxyl groups is 1. The van der Waals surface area contributed by atoms with E-state index in [9.17, 15) is 9.90 Å². The second kappa shape index (κ2) is 5.14. The van der Waals surface area contributed by atoms with Gasteiger partial charge in [0.1, 0.15) is 0 Å². The fourth-order valence-electron chi connectivity index (χ4n) is 1.49. The molecule has 0 saturated heterocycles. The Kier molecular flexibility index (Phi) is 4.12. The van der Waals surface area contributed by atoms with Gasteiger partial charge in [-0.15, -0.1) is 0 Å². The van der Waals surface area contributed by atoms with Crippen LogP contribution in [-0.4, -0.2) is 17.6 Å². The monoisotopic (exact) mass is 227 g/mol. The SMILES string of the molecule is CC(C(N)=O)[C@H](CO)c1cccc(Cl)c1. The number of halogens is 1. The van der Waals surface area contributed by atoms with Gasteiger partial charge in [0, 0.05) is 16.9 Å². The van der Waals surface area contributed by atoms with Crippen LogP contribution in [0.1, 0.15) is 18.4 Å². The summed E-state index contributed by atoms with van der Waals surface area (Å²) in [5, 5.41) is 9.82. The summed E-state index contributed by atoms with van der Waals surface area (Å²) in [6.07, 6.45) is 0. The van der Waals surface area contributed by atoms with E-state index in [0.717, 1.165) is 5.56 Å². The van der Waals surface area contributed by atoms with Crippen molar-refractivity contribution in [2.45, 2.75) is 12.8 Å². The van der Waals surface area contributed by atoms with Crippen molar-refractivity contribution in [1.29, 1.82) is 0 Å². The molecular formula is C11H14ClNO2. The molecule has 0 aromatic heterocycles. The first-order chi connectivity index (χ1) is 7.06. The second-order valence-corrected chi connectivity index (χ2v) is 3.97. The van der Waals surface area contributed by atoms with Crippen molar-refractivity contribution in [3.05, 3.63) is 34.9 Å². The number of carbonyl (C=O) groups excluding carboxylic acids is 1. The number of carbonyl (C=O) groups is 1. The highest BCUT2D eigenvalue weighted by Crippen LogP contribution is 2.25. The molecular weight excluding hydrogens is 214 g/mol. The fourth-order valence-corrected chi connectivity index (χ4v) is 1.69. The van der Waals surface area contributed by atoms with Gasteiger partial charge < -0.3 is 10.8 Å². The van der Waals surface area contributed by atoms with E-state index in [1.807, 2.05) is 6.07 Å². The van der Waals surface area contributed by atoms with Crippen LogP contribution in [-0.2, 0) is 4.79 Å². The van der Waals surface area contributed by atoms with E-state index >= 15 is 0 Å². The molecule has 0 bridgehead atoms. The molecule has 3 nitrogen and oxygen atoms in total. The second-order valence-electron chi connectivity index (χ2n) is 3.54. The summed E-state index contributed by atoms with van der Waals surface area (Å²) >= 11 is 5.83. The van der Waals surface area contributed by atoms with E-state index in [2.05, 4.69) is 0 Å². The van der Waals surface area contributed by atoms with Crippen LogP contribution in [0.2, 0.25) is 5.02 Å². The zero-order valence-electron chi connectivity index (χ0n) is 8.48. The Morgan fingerprint density at radius 3 is 2.73 bits per heavy atom. The largest absolute Gasteiger partial charge is 0.396 e. The standard InChI is InChI=1S/C11H14ClNO2/c1-7(11(13)15)10(6-14)8-3-2-4-9(12)5-8/h2-5,7,10,14H,6H2,1H3,(H2,13,15)/t7?,10-/m0/s1. The number of rotatable bonds is 4. The molecule has 0 aliphatic rings. The summed E-state index contributed by atoms with van der Waals surface area (Å²) < 4.78 is 0. The Morgan fingerprint density at radius 2 is 2.27 bits per heavy atom. The van der Waals surface area contributed by atoms with Crippen molar-refractivity contribution in [3.63, 3.8) is 0 Å². The number of benzene rings is 1. The van der Waals surface area contributed by atoms with Gasteiger partial charge in [-0.1, -0.05) is 30.7 Å². The van der Waals surface area contributed by atoms with Gasteiger partial charge in [-0.3, -0.25) is 4.79 Å². The molecule has 4 heteroatoms. The molecule has 1 aromatic carbocycles. The Balaban J connectivity index is 2.97. The van der Waals surface area contributed by atoms with Gasteiger partial charge in [-0.2, -0.15) is 0 Å². The zero-order valence-corrected chi connectivity index (χ0v) is 9.24. The zero-order chi connectivity index (χ0) is 11.4. The van der Waals surface area contributed by atoms with Crippen molar-refractivity contribution >= 4 is 17.5 Å². The maximum atomic E-state index is 11.0. The molecule has 0 radical (unpaired) electrons. The lowest BCUT2D eigenvalue weighted by molar-refractivity contribution is -0.122. The number of aliphatic hydroxyl groups excluding tert-OH is 1. The third-order valence-electron chi connectivity index (χ3n) is 2.53. The molecule has 1 unspecified atom stereocenters. The molecule has 0 heterocycles. The van der Waals surface area contributed by atoms with Crippen molar-refractivity contribution in [1.82, 2.24) is 0 Å². The highest BCUT2D eigenvalue weighted by molar-refractivity contribution is 6.30. The predicted molar refractivity (Wildman–Crippen MR) is 59.6 cm³/mol. The number of primary amides is 1. The lowest BCUT2D eigenvalue weighted by Gasteiger charge is -2.19. The van der Waals surface area contributed by atoms with Crippen LogP contribution in [0.5, 0.6) is 0 Å². The molecule has 0 saturated carbocycles. The summed E-state index contributed by atoms with van der Waals surface area (Å²) in [7, 11) is 0. The van der Waals surface area contributed by atoms with Crippen molar-refractivity contribution in [3.8, 4) is 0 Å². The van der Waals surface area contributed by atoms with Crippen molar-refractivity contribution in [2.24, 2.45) is 11.7 Å². The Labute approximate surface area is 93.9 Å². The average molecular weight is 228 g/mol. The Bertz CT molecular complexity index is 354. The maximum Gasteiger partial charge on any atom is 0.220 e. The highest BCUT2D eigenvalue weighted by Gasteiger charge is 2.22. The van der Waals surface area contributed by atoms with Gasteiger partial charge in [-0.05, 0) is 17.7 Å². The Hall–Kier alpha value is -1.06. The van der Waals surface area contributed by atoms with E-state index in [0.29, 0.717) is 5.02 Å². The smallest absolute Gasteiger partial charge is 0.220 e. The molecule has 1 rings (SSSR count). The molecule has 2 atom stereocenters. The number of hydrogen-bond donors (Lipinski definition) is 2. The van der Waals surface area contributed by atoms with E-state index in [4.69, 9.17) is 17.3 Å². The number of hydrogen-bond acceptors (Lipinski definition) is 2. The minimum Gasteiger partial charge on any atom is -0.396 e. The molecule has 0 aliphatic carbocycles. The maximum absolute atomic E-state index is 11.0. The van der Waals surface area contributed by atoms with Crippen LogP contribution in [0.15, 0.2) is 24.3 Å². The predicted octanol–water partition coefficient (Wildman–Crippen LogP) is 1.54.